The maximum atomic E-state index is 6.10. The summed E-state index contributed by atoms with van der Waals surface area (Å²) in [6.07, 6.45) is 1.80. The Morgan fingerprint density at radius 1 is 1.27 bits per heavy atom. The lowest BCUT2D eigenvalue weighted by molar-refractivity contribution is 0.752. The molecule has 144 valence electrons. The Hall–Kier alpha value is -1.19. The fourth-order valence-corrected chi connectivity index (χ4v) is 2.66. The molecule has 26 heavy (non-hydrogen) atoms. The molecule has 0 amide bonds. The van der Waals surface area contributed by atoms with E-state index in [1.807, 2.05) is 55.7 Å². The highest BCUT2D eigenvalue weighted by Crippen LogP contribution is 2.24. The summed E-state index contributed by atoms with van der Waals surface area (Å²) in [6.45, 7) is 3.95. The smallest absolute Gasteiger partial charge is 0.191 e. The number of anilines is 1. The fraction of sp³-hybridized carbons (Fsp3) is 0.412. The summed E-state index contributed by atoms with van der Waals surface area (Å²) in [5.41, 5.74) is 2.08. The number of aliphatic imine (C=N–C) groups is 1. The van der Waals surface area contributed by atoms with Crippen molar-refractivity contribution < 1.29 is 0 Å². The number of aromatic nitrogens is 2. The van der Waals surface area contributed by atoms with Crippen molar-refractivity contribution in [1.82, 2.24) is 20.2 Å². The fourth-order valence-electron chi connectivity index (χ4n) is 2.25. The van der Waals surface area contributed by atoms with Crippen molar-refractivity contribution in [3.05, 3.63) is 45.8 Å². The lowest BCUT2D eigenvalue weighted by atomic mass is 10.2. The van der Waals surface area contributed by atoms with Crippen molar-refractivity contribution in [2.24, 2.45) is 12.0 Å². The second-order valence-corrected chi connectivity index (χ2v) is 6.56. The molecule has 0 saturated carbocycles. The van der Waals surface area contributed by atoms with Crippen LogP contribution in [0.3, 0.4) is 0 Å². The average molecular weight is 511 g/mol. The van der Waals surface area contributed by atoms with E-state index in [1.54, 1.807) is 6.20 Å². The standard InChI is InChI=1S/C17H24Cl2N6.HI/c1-5-20-17(23-11-13-9-14(18)16(19)25(13)4)22-10-12-6-7-21-15(8-12)24(2)3;/h6-9H,5,10-11H2,1-4H3,(H2,20,22,23);1H. The third kappa shape index (κ3) is 6.21. The van der Waals surface area contributed by atoms with Crippen molar-refractivity contribution in [1.29, 1.82) is 0 Å². The molecule has 2 N–H and O–H groups in total. The minimum atomic E-state index is 0. The summed E-state index contributed by atoms with van der Waals surface area (Å²) < 4.78 is 1.85. The first kappa shape index (κ1) is 22.9. The van der Waals surface area contributed by atoms with E-state index < -0.39 is 0 Å². The lowest BCUT2D eigenvalue weighted by Gasteiger charge is -2.13. The van der Waals surface area contributed by atoms with Crippen molar-refractivity contribution in [2.75, 3.05) is 25.5 Å². The molecule has 2 aromatic rings. The molecule has 2 aromatic heterocycles. The van der Waals surface area contributed by atoms with Gasteiger partial charge in [0.1, 0.15) is 11.0 Å². The molecule has 0 spiro atoms. The number of hydrogen-bond acceptors (Lipinski definition) is 3. The molecular weight excluding hydrogens is 486 g/mol. The molecule has 0 atom stereocenters. The SMILES string of the molecule is CCNC(=NCc1ccnc(N(C)C)c1)NCc1cc(Cl)c(Cl)n1C.I. The zero-order valence-electron chi connectivity index (χ0n) is 15.4. The largest absolute Gasteiger partial charge is 0.363 e. The van der Waals surface area contributed by atoms with Gasteiger partial charge in [-0.1, -0.05) is 23.2 Å². The van der Waals surface area contributed by atoms with Crippen molar-refractivity contribution >= 4 is 59.0 Å². The number of halogens is 3. The van der Waals surface area contributed by atoms with Gasteiger partial charge in [0, 0.05) is 39.6 Å². The highest BCUT2D eigenvalue weighted by atomic mass is 127. The Morgan fingerprint density at radius 2 is 2.00 bits per heavy atom. The molecule has 9 heteroatoms. The number of nitrogens with one attached hydrogen (secondary N) is 2. The van der Waals surface area contributed by atoms with E-state index >= 15 is 0 Å². The van der Waals surface area contributed by atoms with Crippen LogP contribution in [0.25, 0.3) is 0 Å². The van der Waals surface area contributed by atoms with Crippen LogP contribution in [-0.4, -0.2) is 36.2 Å². The van der Waals surface area contributed by atoms with Crippen molar-refractivity contribution in [3.63, 3.8) is 0 Å². The van der Waals surface area contributed by atoms with Crippen LogP contribution in [0.5, 0.6) is 0 Å². The lowest BCUT2D eigenvalue weighted by Crippen LogP contribution is -2.37. The van der Waals surface area contributed by atoms with Crippen LogP contribution in [-0.2, 0) is 20.1 Å². The van der Waals surface area contributed by atoms with Crippen LogP contribution in [0.4, 0.5) is 5.82 Å². The Balaban J connectivity index is 0.00000338. The Bertz CT molecular complexity index is 745. The van der Waals surface area contributed by atoms with Crippen LogP contribution in [0.15, 0.2) is 29.4 Å². The molecule has 0 saturated heterocycles. The maximum Gasteiger partial charge on any atom is 0.191 e. The Morgan fingerprint density at radius 3 is 2.58 bits per heavy atom. The molecule has 0 radical (unpaired) electrons. The van der Waals surface area contributed by atoms with Crippen molar-refractivity contribution in [2.45, 2.75) is 20.0 Å². The molecule has 0 aromatic carbocycles. The predicted molar refractivity (Wildman–Crippen MR) is 121 cm³/mol. The first-order chi connectivity index (χ1) is 11.9. The molecule has 0 aliphatic rings. The zero-order chi connectivity index (χ0) is 18.4. The average Bonchev–Trinajstić information content (AvgIpc) is 2.84. The topological polar surface area (TPSA) is 57.5 Å². The van der Waals surface area contributed by atoms with E-state index in [4.69, 9.17) is 23.2 Å². The normalized spacial score (nSPS) is 11.1. The van der Waals surface area contributed by atoms with Crippen LogP contribution < -0.4 is 15.5 Å². The predicted octanol–water partition coefficient (Wildman–Crippen LogP) is 3.67. The summed E-state index contributed by atoms with van der Waals surface area (Å²) in [5, 5.41) is 7.63. The van der Waals surface area contributed by atoms with E-state index in [0.29, 0.717) is 23.3 Å². The number of guanidine groups is 1. The summed E-state index contributed by atoms with van der Waals surface area (Å²) in [7, 11) is 5.82. The van der Waals surface area contributed by atoms with Crippen LogP contribution in [0.2, 0.25) is 10.2 Å². The number of rotatable bonds is 6. The van der Waals surface area contributed by atoms with E-state index in [0.717, 1.165) is 29.6 Å². The van der Waals surface area contributed by atoms with Crippen LogP contribution >= 0.6 is 47.2 Å². The van der Waals surface area contributed by atoms with E-state index in [1.165, 1.54) is 0 Å². The quantitative estimate of drug-likeness (QED) is 0.353. The van der Waals surface area contributed by atoms with Gasteiger partial charge in [0.15, 0.2) is 5.96 Å². The van der Waals surface area contributed by atoms with Gasteiger partial charge in [0.2, 0.25) is 0 Å². The molecule has 0 aliphatic carbocycles. The molecule has 2 heterocycles. The van der Waals surface area contributed by atoms with Crippen molar-refractivity contribution in [3.8, 4) is 0 Å². The molecule has 0 unspecified atom stereocenters. The van der Waals surface area contributed by atoms with Gasteiger partial charge in [-0.2, -0.15) is 0 Å². The molecule has 2 rings (SSSR count). The maximum absolute atomic E-state index is 6.10. The third-order valence-corrected chi connectivity index (χ3v) is 4.53. The highest BCUT2D eigenvalue weighted by molar-refractivity contribution is 14.0. The van der Waals surface area contributed by atoms with Gasteiger partial charge >= 0.3 is 0 Å². The van der Waals surface area contributed by atoms with Gasteiger partial charge in [-0.05, 0) is 30.7 Å². The van der Waals surface area contributed by atoms with Gasteiger partial charge in [0.05, 0.1) is 18.1 Å². The van der Waals surface area contributed by atoms with Gasteiger partial charge in [-0.25, -0.2) is 9.98 Å². The first-order valence-corrected chi connectivity index (χ1v) is 8.82. The van der Waals surface area contributed by atoms with Gasteiger partial charge in [0.25, 0.3) is 0 Å². The van der Waals surface area contributed by atoms with E-state index in [9.17, 15) is 0 Å². The highest BCUT2D eigenvalue weighted by Gasteiger charge is 2.09. The molecule has 0 aliphatic heterocycles. The summed E-state index contributed by atoms with van der Waals surface area (Å²) >= 11 is 12.2. The first-order valence-electron chi connectivity index (χ1n) is 8.06. The molecule has 6 nitrogen and oxygen atoms in total. The molecule has 0 bridgehead atoms. The van der Waals surface area contributed by atoms with E-state index in [-0.39, 0.29) is 24.0 Å². The monoisotopic (exact) mass is 510 g/mol. The second kappa shape index (κ2) is 10.8. The van der Waals surface area contributed by atoms with Gasteiger partial charge < -0.3 is 20.1 Å². The minimum absolute atomic E-state index is 0. The number of hydrogen-bond donors (Lipinski definition) is 2. The third-order valence-electron chi connectivity index (χ3n) is 3.68. The molecule has 0 fully saturated rings. The molecular formula is C17H25Cl2IN6. The van der Waals surface area contributed by atoms with Crippen LogP contribution in [0, 0.1) is 0 Å². The Kier molecular flexibility index (Phi) is 9.52. The summed E-state index contributed by atoms with van der Waals surface area (Å²) in [5.74, 6) is 1.65. The van der Waals surface area contributed by atoms with Gasteiger partial charge in [-0.3, -0.25) is 0 Å². The number of pyridine rings is 1. The zero-order valence-corrected chi connectivity index (χ0v) is 19.2. The van der Waals surface area contributed by atoms with Gasteiger partial charge in [-0.15, -0.1) is 24.0 Å². The van der Waals surface area contributed by atoms with Crippen LogP contribution in [0.1, 0.15) is 18.2 Å². The second-order valence-electron chi connectivity index (χ2n) is 5.80. The number of nitrogens with zero attached hydrogens (tertiary/aromatic N) is 4. The summed E-state index contributed by atoms with van der Waals surface area (Å²) in [6, 6.07) is 5.85. The van der Waals surface area contributed by atoms with E-state index in [2.05, 4.69) is 20.6 Å². The summed E-state index contributed by atoms with van der Waals surface area (Å²) in [4.78, 5) is 10.9. The minimum Gasteiger partial charge on any atom is -0.363 e. The Labute approximate surface area is 182 Å².